The lowest BCUT2D eigenvalue weighted by Gasteiger charge is -2.34. The molecule has 1 amide bonds. The van der Waals surface area contributed by atoms with Gasteiger partial charge in [0.2, 0.25) is 10.0 Å². The molecule has 2 aromatic carbocycles. The highest BCUT2D eigenvalue weighted by molar-refractivity contribution is 7.92. The number of amides is 1. The second kappa shape index (κ2) is 9.28. The van der Waals surface area contributed by atoms with Crippen molar-refractivity contribution in [2.45, 2.75) is 6.54 Å². The number of hydrogen-bond donors (Lipinski definition) is 0. The van der Waals surface area contributed by atoms with Crippen molar-refractivity contribution >= 4 is 21.6 Å². The standard InChI is InChI=1S/C21H27N3O4S/c1-22(29(2,26)27)19-8-10-20(11-9-19)28-17-21(25)24-14-12-23(13-15-24)16-18-6-4-3-5-7-18/h3-11H,12-17H2,1-2H3. The van der Waals surface area contributed by atoms with Gasteiger partial charge in [-0.3, -0.25) is 14.0 Å². The molecule has 2 aromatic rings. The van der Waals surface area contributed by atoms with Crippen LogP contribution in [0.2, 0.25) is 0 Å². The quantitative estimate of drug-likeness (QED) is 0.687. The Morgan fingerprint density at radius 2 is 1.62 bits per heavy atom. The number of carbonyl (C=O) groups excluding carboxylic acids is 1. The van der Waals surface area contributed by atoms with Gasteiger partial charge < -0.3 is 9.64 Å². The van der Waals surface area contributed by atoms with Crippen molar-refractivity contribution in [3.05, 3.63) is 60.2 Å². The van der Waals surface area contributed by atoms with Crippen molar-refractivity contribution < 1.29 is 17.9 Å². The molecule has 1 saturated heterocycles. The van der Waals surface area contributed by atoms with Crippen LogP contribution in [0.3, 0.4) is 0 Å². The monoisotopic (exact) mass is 417 g/mol. The minimum atomic E-state index is -3.31. The second-order valence-electron chi connectivity index (χ2n) is 7.16. The fourth-order valence-electron chi connectivity index (χ4n) is 3.18. The lowest BCUT2D eigenvalue weighted by molar-refractivity contribution is -0.135. The first-order chi connectivity index (χ1) is 13.8. The lowest BCUT2D eigenvalue weighted by atomic mass is 10.2. The summed E-state index contributed by atoms with van der Waals surface area (Å²) in [6, 6.07) is 17.0. The number of hydrogen-bond acceptors (Lipinski definition) is 5. The Labute approximate surface area is 172 Å². The van der Waals surface area contributed by atoms with Crippen LogP contribution in [0.1, 0.15) is 5.56 Å². The summed E-state index contributed by atoms with van der Waals surface area (Å²) >= 11 is 0. The molecule has 1 aliphatic rings. The summed E-state index contributed by atoms with van der Waals surface area (Å²) in [6.07, 6.45) is 1.15. The molecule has 0 saturated carbocycles. The van der Waals surface area contributed by atoms with Crippen molar-refractivity contribution in [2.24, 2.45) is 0 Å². The third-order valence-corrected chi connectivity index (χ3v) is 6.24. The Morgan fingerprint density at radius 3 is 2.21 bits per heavy atom. The molecule has 1 aliphatic heterocycles. The van der Waals surface area contributed by atoms with E-state index in [1.54, 1.807) is 24.3 Å². The van der Waals surface area contributed by atoms with Crippen LogP contribution >= 0.6 is 0 Å². The molecule has 0 radical (unpaired) electrons. The van der Waals surface area contributed by atoms with Crippen LogP contribution in [-0.4, -0.2) is 70.2 Å². The smallest absolute Gasteiger partial charge is 0.260 e. The lowest BCUT2D eigenvalue weighted by Crippen LogP contribution is -2.49. The molecule has 7 nitrogen and oxygen atoms in total. The Balaban J connectivity index is 1.44. The zero-order chi connectivity index (χ0) is 20.9. The van der Waals surface area contributed by atoms with Crippen LogP contribution in [-0.2, 0) is 21.4 Å². The summed E-state index contributed by atoms with van der Waals surface area (Å²) in [4.78, 5) is 16.6. The predicted molar refractivity (Wildman–Crippen MR) is 113 cm³/mol. The first kappa shape index (κ1) is 21.1. The van der Waals surface area contributed by atoms with Gasteiger partial charge in [0.1, 0.15) is 5.75 Å². The highest BCUT2D eigenvalue weighted by atomic mass is 32.2. The molecule has 0 atom stereocenters. The Morgan fingerprint density at radius 1 is 1.00 bits per heavy atom. The number of sulfonamides is 1. The summed E-state index contributed by atoms with van der Waals surface area (Å²) in [6.45, 7) is 3.92. The first-order valence-corrected chi connectivity index (χ1v) is 11.4. The van der Waals surface area contributed by atoms with E-state index in [9.17, 15) is 13.2 Å². The van der Waals surface area contributed by atoms with E-state index in [-0.39, 0.29) is 12.5 Å². The molecule has 0 aromatic heterocycles. The molecule has 0 bridgehead atoms. The molecule has 29 heavy (non-hydrogen) atoms. The highest BCUT2D eigenvalue weighted by Gasteiger charge is 2.21. The molecule has 3 rings (SSSR count). The summed E-state index contributed by atoms with van der Waals surface area (Å²) in [5.41, 5.74) is 1.82. The third kappa shape index (κ3) is 5.95. The van der Waals surface area contributed by atoms with Crippen LogP contribution in [0.15, 0.2) is 54.6 Å². The van der Waals surface area contributed by atoms with Gasteiger partial charge in [-0.15, -0.1) is 0 Å². The maximum Gasteiger partial charge on any atom is 0.260 e. The minimum absolute atomic E-state index is 0.0278. The number of anilines is 1. The third-order valence-electron chi connectivity index (χ3n) is 5.03. The van der Waals surface area contributed by atoms with Gasteiger partial charge in [0.05, 0.1) is 11.9 Å². The van der Waals surface area contributed by atoms with E-state index >= 15 is 0 Å². The first-order valence-electron chi connectivity index (χ1n) is 9.54. The van der Waals surface area contributed by atoms with Crippen LogP contribution < -0.4 is 9.04 Å². The Hall–Kier alpha value is -2.58. The van der Waals surface area contributed by atoms with Gasteiger partial charge in [-0.05, 0) is 29.8 Å². The number of nitrogens with zero attached hydrogens (tertiary/aromatic N) is 3. The van der Waals surface area contributed by atoms with Crippen LogP contribution in [0.5, 0.6) is 5.75 Å². The predicted octanol–water partition coefficient (Wildman–Crippen LogP) is 1.81. The van der Waals surface area contributed by atoms with E-state index in [1.165, 1.54) is 16.9 Å². The van der Waals surface area contributed by atoms with E-state index in [2.05, 4.69) is 17.0 Å². The maximum atomic E-state index is 12.4. The molecular formula is C21H27N3O4S. The van der Waals surface area contributed by atoms with E-state index < -0.39 is 10.0 Å². The van der Waals surface area contributed by atoms with Gasteiger partial charge in [0.25, 0.3) is 5.91 Å². The van der Waals surface area contributed by atoms with Gasteiger partial charge in [0.15, 0.2) is 6.61 Å². The zero-order valence-corrected chi connectivity index (χ0v) is 17.6. The van der Waals surface area contributed by atoms with Crippen LogP contribution in [0, 0.1) is 0 Å². The molecular weight excluding hydrogens is 390 g/mol. The molecule has 1 fully saturated rings. The SMILES string of the molecule is CN(c1ccc(OCC(=O)N2CCN(Cc3ccccc3)CC2)cc1)S(C)(=O)=O. The van der Waals surface area contributed by atoms with E-state index in [1.807, 2.05) is 23.1 Å². The maximum absolute atomic E-state index is 12.4. The molecule has 0 aliphatic carbocycles. The molecule has 0 spiro atoms. The highest BCUT2D eigenvalue weighted by Crippen LogP contribution is 2.20. The zero-order valence-electron chi connectivity index (χ0n) is 16.8. The van der Waals surface area contributed by atoms with Crippen molar-refractivity contribution in [2.75, 3.05) is 50.4 Å². The van der Waals surface area contributed by atoms with Gasteiger partial charge >= 0.3 is 0 Å². The van der Waals surface area contributed by atoms with E-state index in [4.69, 9.17) is 4.74 Å². The van der Waals surface area contributed by atoms with Gasteiger partial charge in [-0.25, -0.2) is 8.42 Å². The normalized spacial score (nSPS) is 15.2. The Bertz CT molecular complexity index is 909. The number of carbonyl (C=O) groups is 1. The molecule has 0 N–H and O–H groups in total. The van der Waals surface area contributed by atoms with Crippen molar-refractivity contribution in [3.8, 4) is 5.75 Å². The summed E-state index contributed by atoms with van der Waals surface area (Å²) < 4.78 is 29.9. The fraction of sp³-hybridized carbons (Fsp3) is 0.381. The summed E-state index contributed by atoms with van der Waals surface area (Å²) in [5, 5.41) is 0. The topological polar surface area (TPSA) is 70.2 Å². The largest absolute Gasteiger partial charge is 0.484 e. The van der Waals surface area contributed by atoms with Gasteiger partial charge in [-0.1, -0.05) is 30.3 Å². The number of benzene rings is 2. The molecule has 1 heterocycles. The van der Waals surface area contributed by atoms with Crippen LogP contribution in [0.25, 0.3) is 0 Å². The minimum Gasteiger partial charge on any atom is -0.484 e. The Kier molecular flexibility index (Phi) is 6.76. The number of piperazine rings is 1. The number of ether oxygens (including phenoxy) is 1. The summed E-state index contributed by atoms with van der Waals surface area (Å²) in [7, 11) is -1.81. The number of rotatable bonds is 7. The van der Waals surface area contributed by atoms with Crippen LogP contribution in [0.4, 0.5) is 5.69 Å². The average Bonchev–Trinajstić information content (AvgIpc) is 2.72. The van der Waals surface area contributed by atoms with E-state index in [0.29, 0.717) is 24.5 Å². The molecule has 156 valence electrons. The van der Waals surface area contributed by atoms with Gasteiger partial charge in [0, 0.05) is 39.8 Å². The second-order valence-corrected chi connectivity index (χ2v) is 9.17. The van der Waals surface area contributed by atoms with Gasteiger partial charge in [-0.2, -0.15) is 0 Å². The van der Waals surface area contributed by atoms with Crippen molar-refractivity contribution in [1.29, 1.82) is 0 Å². The van der Waals surface area contributed by atoms with Crippen molar-refractivity contribution in [3.63, 3.8) is 0 Å². The fourth-order valence-corrected chi connectivity index (χ4v) is 3.68. The van der Waals surface area contributed by atoms with Crippen molar-refractivity contribution in [1.82, 2.24) is 9.80 Å². The summed E-state index contributed by atoms with van der Waals surface area (Å²) in [5.74, 6) is 0.494. The molecule has 0 unspecified atom stereocenters. The average molecular weight is 418 g/mol. The molecule has 8 heteroatoms. The van der Waals surface area contributed by atoms with E-state index in [0.717, 1.165) is 25.9 Å².